The molecule has 2 aliphatic rings. The Balaban J connectivity index is 1.93. The first-order valence-corrected chi connectivity index (χ1v) is 8.24. The molecule has 3 heterocycles. The molecule has 0 aromatic carbocycles. The van der Waals surface area contributed by atoms with Gasteiger partial charge in [-0.1, -0.05) is 0 Å². The SMILES string of the molecule is c1cc(C2C[I-]2)c2cc(C3CC3)[nH]c2n1. The van der Waals surface area contributed by atoms with E-state index in [1.165, 1.54) is 28.3 Å². The van der Waals surface area contributed by atoms with Crippen molar-refractivity contribution in [2.45, 2.75) is 22.7 Å². The molecule has 0 amide bonds. The molecule has 3 heteroatoms. The molecule has 2 aromatic heterocycles. The van der Waals surface area contributed by atoms with Gasteiger partial charge in [0.1, 0.15) is 0 Å². The number of aromatic amines is 1. The van der Waals surface area contributed by atoms with Gasteiger partial charge in [0.2, 0.25) is 0 Å². The van der Waals surface area contributed by atoms with E-state index in [0.29, 0.717) is 21.2 Å². The Bertz CT molecular complexity index is 523. The number of nitrogens with one attached hydrogen (secondary N) is 1. The van der Waals surface area contributed by atoms with Crippen LogP contribution in [0.2, 0.25) is 0 Å². The maximum atomic E-state index is 4.44. The zero-order valence-electron chi connectivity index (χ0n) is 8.33. The van der Waals surface area contributed by atoms with Crippen LogP contribution in [0.5, 0.6) is 0 Å². The topological polar surface area (TPSA) is 28.7 Å². The van der Waals surface area contributed by atoms with Crippen LogP contribution in [-0.4, -0.2) is 14.4 Å². The second kappa shape index (κ2) is 2.97. The predicted molar refractivity (Wildman–Crippen MR) is 55.7 cm³/mol. The predicted octanol–water partition coefficient (Wildman–Crippen LogP) is -0.416. The number of pyridine rings is 1. The summed E-state index contributed by atoms with van der Waals surface area (Å²) in [6, 6.07) is 4.58. The fraction of sp³-hybridized carbons (Fsp3) is 0.417. The zero-order valence-corrected chi connectivity index (χ0v) is 10.5. The van der Waals surface area contributed by atoms with Crippen molar-refractivity contribution in [1.29, 1.82) is 0 Å². The van der Waals surface area contributed by atoms with Crippen molar-refractivity contribution in [1.82, 2.24) is 9.97 Å². The number of rotatable bonds is 2. The molecule has 1 saturated heterocycles. The third-order valence-electron chi connectivity index (χ3n) is 3.25. The summed E-state index contributed by atoms with van der Waals surface area (Å²) in [7, 11) is 0. The van der Waals surface area contributed by atoms with Crippen LogP contribution in [0.1, 0.15) is 33.9 Å². The molecule has 1 unspecified atom stereocenters. The van der Waals surface area contributed by atoms with Crippen molar-refractivity contribution in [3.8, 4) is 0 Å². The van der Waals surface area contributed by atoms with Crippen LogP contribution >= 0.6 is 0 Å². The summed E-state index contributed by atoms with van der Waals surface area (Å²) >= 11 is 0.488. The first-order valence-electron chi connectivity index (χ1n) is 5.47. The normalized spacial score (nSPS) is 25.2. The molecule has 1 saturated carbocycles. The van der Waals surface area contributed by atoms with Gasteiger partial charge < -0.3 is 0 Å². The van der Waals surface area contributed by atoms with E-state index in [1.807, 2.05) is 6.20 Å². The first kappa shape index (κ1) is 8.56. The van der Waals surface area contributed by atoms with E-state index in [0.717, 1.165) is 15.5 Å². The molecule has 15 heavy (non-hydrogen) atoms. The Morgan fingerprint density at radius 1 is 1.40 bits per heavy atom. The van der Waals surface area contributed by atoms with Crippen LogP contribution in [0.4, 0.5) is 0 Å². The van der Waals surface area contributed by atoms with Crippen LogP contribution in [-0.2, 0) is 0 Å². The van der Waals surface area contributed by atoms with Crippen molar-refractivity contribution in [3.63, 3.8) is 0 Å². The van der Waals surface area contributed by atoms with Gasteiger partial charge in [0.05, 0.1) is 0 Å². The van der Waals surface area contributed by atoms with Crippen molar-refractivity contribution >= 4 is 11.0 Å². The van der Waals surface area contributed by atoms with Gasteiger partial charge >= 0.3 is 98.9 Å². The van der Waals surface area contributed by atoms with E-state index in [1.54, 1.807) is 5.56 Å². The standard InChI is InChI=1S/C12H12IN2/c1-2-7(1)11-5-9-8(10-6-13-10)3-4-14-12(9)15-11/h3-5,7,10H,1-2,6H2,(H,14,15)/q-1. The summed E-state index contributed by atoms with van der Waals surface area (Å²) in [5.74, 6) is 0.806. The monoisotopic (exact) mass is 311 g/mol. The van der Waals surface area contributed by atoms with Gasteiger partial charge in [0.25, 0.3) is 0 Å². The second-order valence-electron chi connectivity index (χ2n) is 4.44. The first-order chi connectivity index (χ1) is 7.42. The van der Waals surface area contributed by atoms with E-state index in [4.69, 9.17) is 0 Å². The molecule has 78 valence electrons. The fourth-order valence-corrected chi connectivity index (χ4v) is 3.91. The number of fused-ring (bicyclic) bond motifs is 1. The number of hydrogen-bond donors (Lipinski definition) is 1. The Hall–Kier alpha value is -0.580. The Kier molecular flexibility index (Phi) is 1.69. The van der Waals surface area contributed by atoms with Gasteiger partial charge in [-0.15, -0.1) is 0 Å². The van der Waals surface area contributed by atoms with E-state index in [2.05, 4.69) is 22.1 Å². The van der Waals surface area contributed by atoms with Crippen LogP contribution < -0.4 is 21.2 Å². The molecule has 4 rings (SSSR count). The fourth-order valence-electron chi connectivity index (χ4n) is 2.17. The van der Waals surface area contributed by atoms with E-state index in [9.17, 15) is 0 Å². The summed E-state index contributed by atoms with van der Waals surface area (Å²) < 4.78 is 2.40. The number of H-pyrrole nitrogens is 1. The van der Waals surface area contributed by atoms with Gasteiger partial charge in [-0.3, -0.25) is 0 Å². The van der Waals surface area contributed by atoms with E-state index >= 15 is 0 Å². The van der Waals surface area contributed by atoms with Gasteiger partial charge in [-0.25, -0.2) is 0 Å². The van der Waals surface area contributed by atoms with Gasteiger partial charge in [-0.05, 0) is 0 Å². The van der Waals surface area contributed by atoms with Crippen LogP contribution in [0.15, 0.2) is 18.3 Å². The van der Waals surface area contributed by atoms with Crippen LogP contribution in [0, 0.1) is 0 Å². The summed E-state index contributed by atoms with van der Waals surface area (Å²) in [6.07, 6.45) is 4.68. The molecule has 0 spiro atoms. The molecule has 0 bridgehead atoms. The molecule has 1 N–H and O–H groups in total. The van der Waals surface area contributed by atoms with Crippen molar-refractivity contribution in [3.05, 3.63) is 29.6 Å². The molecular formula is C12H12IN2-. The van der Waals surface area contributed by atoms with E-state index < -0.39 is 0 Å². The van der Waals surface area contributed by atoms with Crippen LogP contribution in [0.3, 0.4) is 0 Å². The summed E-state index contributed by atoms with van der Waals surface area (Å²) in [5.41, 5.74) is 4.10. The molecule has 2 fully saturated rings. The minimum atomic E-state index is 0.488. The summed E-state index contributed by atoms with van der Waals surface area (Å²) in [4.78, 5) is 7.92. The summed E-state index contributed by atoms with van der Waals surface area (Å²) in [5, 5.41) is 1.40. The van der Waals surface area contributed by atoms with Gasteiger partial charge in [-0.2, -0.15) is 0 Å². The maximum absolute atomic E-state index is 4.44. The quantitative estimate of drug-likeness (QED) is 0.593. The molecule has 2 aromatic rings. The molecule has 1 atom stereocenters. The second-order valence-corrected chi connectivity index (χ2v) is 7.70. The Morgan fingerprint density at radius 3 is 3.00 bits per heavy atom. The Morgan fingerprint density at radius 2 is 2.27 bits per heavy atom. The number of aromatic nitrogens is 2. The number of hydrogen-bond acceptors (Lipinski definition) is 1. The Labute approximate surface area is 98.7 Å². The number of alkyl halides is 2. The number of halogens is 1. The van der Waals surface area contributed by atoms with Crippen molar-refractivity contribution < 1.29 is 21.2 Å². The molecule has 1 aliphatic heterocycles. The minimum absolute atomic E-state index is 0.488. The average Bonchev–Trinajstić information content (AvgIpc) is 3.12. The van der Waals surface area contributed by atoms with Crippen LogP contribution in [0.25, 0.3) is 11.0 Å². The summed E-state index contributed by atoms with van der Waals surface area (Å²) in [6.45, 7) is 0. The third kappa shape index (κ3) is 1.40. The van der Waals surface area contributed by atoms with E-state index in [-0.39, 0.29) is 0 Å². The molecule has 1 aliphatic carbocycles. The number of nitrogens with zero attached hydrogens (tertiary/aromatic N) is 1. The zero-order chi connectivity index (χ0) is 9.83. The molecule has 2 nitrogen and oxygen atoms in total. The average molecular weight is 311 g/mol. The third-order valence-corrected chi connectivity index (χ3v) is 5.68. The van der Waals surface area contributed by atoms with Gasteiger partial charge in [0.15, 0.2) is 0 Å². The van der Waals surface area contributed by atoms with Crippen molar-refractivity contribution in [2.75, 3.05) is 4.43 Å². The molecular weight excluding hydrogens is 299 g/mol. The van der Waals surface area contributed by atoms with Gasteiger partial charge in [0, 0.05) is 0 Å². The molecule has 0 radical (unpaired) electrons. The van der Waals surface area contributed by atoms with Crippen molar-refractivity contribution in [2.24, 2.45) is 0 Å².